The summed E-state index contributed by atoms with van der Waals surface area (Å²) in [5.74, 6) is -0.948. The highest BCUT2D eigenvalue weighted by Crippen LogP contribution is 2.31. The maximum Gasteiger partial charge on any atom is 0.253 e. The zero-order chi connectivity index (χ0) is 20.6. The molecular weight excluding hydrogens is 411 g/mol. The fourth-order valence-electron chi connectivity index (χ4n) is 3.45. The maximum atomic E-state index is 13.6. The summed E-state index contributed by atoms with van der Waals surface area (Å²) in [4.78, 5) is 13.1. The Morgan fingerprint density at radius 3 is 2.62 bits per heavy atom. The number of aryl methyl sites for hydroxylation is 1. The Bertz CT molecular complexity index is 1160. The third kappa shape index (κ3) is 3.83. The minimum Gasteiger partial charge on any atom is -0.324 e. The number of halogens is 1. The molecule has 8 heteroatoms. The molecule has 1 unspecified atom stereocenters. The predicted molar refractivity (Wildman–Crippen MR) is 111 cm³/mol. The van der Waals surface area contributed by atoms with Crippen LogP contribution in [0.15, 0.2) is 64.2 Å². The first-order valence-corrected chi connectivity index (χ1v) is 11.4. The van der Waals surface area contributed by atoms with Crippen molar-refractivity contribution in [1.82, 2.24) is 4.31 Å². The maximum absolute atomic E-state index is 13.6. The van der Waals surface area contributed by atoms with Crippen LogP contribution in [-0.4, -0.2) is 24.7 Å². The van der Waals surface area contributed by atoms with Crippen molar-refractivity contribution < 1.29 is 17.6 Å². The smallest absolute Gasteiger partial charge is 0.253 e. The number of sulfonamides is 1. The normalized spacial score (nSPS) is 17.0. The van der Waals surface area contributed by atoms with E-state index in [4.69, 9.17) is 0 Å². The number of hydrogen-bond acceptors (Lipinski definition) is 4. The molecule has 5 nitrogen and oxygen atoms in total. The standard InChI is InChI=1S/C21H19FN2O3S2/c1-14-8-9-17(22)12-18(14)23-21(25)19-11-15-5-2-3-6-16(15)13-24(19)29(26,27)20-7-4-10-28-20/h2-10,12,19H,11,13H2,1H3,(H,23,25). The molecule has 29 heavy (non-hydrogen) atoms. The van der Waals surface area contributed by atoms with Crippen molar-refractivity contribution in [2.75, 3.05) is 5.32 Å². The van der Waals surface area contributed by atoms with E-state index in [0.717, 1.165) is 22.5 Å². The third-order valence-corrected chi connectivity index (χ3v) is 8.25. The zero-order valence-corrected chi connectivity index (χ0v) is 17.3. The van der Waals surface area contributed by atoms with E-state index in [1.54, 1.807) is 24.4 Å². The summed E-state index contributed by atoms with van der Waals surface area (Å²) in [5.41, 5.74) is 2.84. The second kappa shape index (κ2) is 7.70. The Morgan fingerprint density at radius 1 is 1.14 bits per heavy atom. The van der Waals surface area contributed by atoms with E-state index in [1.165, 1.54) is 22.5 Å². The van der Waals surface area contributed by atoms with Gasteiger partial charge in [-0.1, -0.05) is 36.4 Å². The van der Waals surface area contributed by atoms with Crippen molar-refractivity contribution in [3.05, 3.63) is 82.5 Å². The number of benzene rings is 2. The molecule has 0 bridgehead atoms. The summed E-state index contributed by atoms with van der Waals surface area (Å²) in [6, 6.07) is 13.9. The van der Waals surface area contributed by atoms with Crippen LogP contribution in [0, 0.1) is 12.7 Å². The molecule has 1 amide bonds. The summed E-state index contributed by atoms with van der Waals surface area (Å²) in [6.07, 6.45) is 0.251. The first kappa shape index (κ1) is 19.8. The van der Waals surface area contributed by atoms with Gasteiger partial charge in [-0.3, -0.25) is 4.79 Å². The molecule has 3 aromatic rings. The number of fused-ring (bicyclic) bond motifs is 1. The Labute approximate surface area is 172 Å². The van der Waals surface area contributed by atoms with Crippen LogP contribution in [0.25, 0.3) is 0 Å². The molecule has 150 valence electrons. The lowest BCUT2D eigenvalue weighted by Gasteiger charge is -2.34. The number of thiophene rings is 1. The summed E-state index contributed by atoms with van der Waals surface area (Å²) < 4.78 is 41.6. The molecule has 2 aromatic carbocycles. The number of carbonyl (C=O) groups is 1. The quantitative estimate of drug-likeness (QED) is 0.682. The van der Waals surface area contributed by atoms with Crippen LogP contribution in [0.4, 0.5) is 10.1 Å². The number of nitrogens with one attached hydrogen (secondary N) is 1. The lowest BCUT2D eigenvalue weighted by molar-refractivity contribution is -0.120. The average molecular weight is 431 g/mol. The largest absolute Gasteiger partial charge is 0.324 e. The van der Waals surface area contributed by atoms with E-state index in [9.17, 15) is 17.6 Å². The second-order valence-corrected chi connectivity index (χ2v) is 9.98. The van der Waals surface area contributed by atoms with Gasteiger partial charge in [-0.2, -0.15) is 4.31 Å². The van der Waals surface area contributed by atoms with Crippen LogP contribution < -0.4 is 5.32 Å². The molecule has 1 atom stereocenters. The molecule has 0 saturated heterocycles. The van der Waals surface area contributed by atoms with Crippen LogP contribution in [0.1, 0.15) is 16.7 Å². The minimum absolute atomic E-state index is 0.108. The molecule has 0 saturated carbocycles. The van der Waals surface area contributed by atoms with Crippen LogP contribution in [-0.2, 0) is 27.8 Å². The molecule has 1 aliphatic heterocycles. The molecule has 0 aliphatic carbocycles. The molecule has 1 aliphatic rings. The summed E-state index contributed by atoms with van der Waals surface area (Å²) in [6.45, 7) is 1.86. The van der Waals surface area contributed by atoms with E-state index < -0.39 is 27.8 Å². The van der Waals surface area contributed by atoms with Crippen LogP contribution >= 0.6 is 11.3 Å². The van der Waals surface area contributed by atoms with Gasteiger partial charge in [0.25, 0.3) is 10.0 Å². The Kier molecular flexibility index (Phi) is 5.24. The van der Waals surface area contributed by atoms with Gasteiger partial charge >= 0.3 is 0 Å². The molecule has 1 aromatic heterocycles. The number of rotatable bonds is 4. The Balaban J connectivity index is 1.72. The highest BCUT2D eigenvalue weighted by molar-refractivity contribution is 7.91. The van der Waals surface area contributed by atoms with Crippen LogP contribution in [0.5, 0.6) is 0 Å². The fraction of sp³-hybridized carbons (Fsp3) is 0.190. The second-order valence-electron chi connectivity index (χ2n) is 6.92. The predicted octanol–water partition coefficient (Wildman–Crippen LogP) is 3.95. The first-order chi connectivity index (χ1) is 13.9. The van der Waals surface area contributed by atoms with Gasteiger partial charge in [-0.25, -0.2) is 12.8 Å². The van der Waals surface area contributed by atoms with Crippen molar-refractivity contribution in [3.63, 3.8) is 0 Å². The molecular formula is C21H19FN2O3S2. The lowest BCUT2D eigenvalue weighted by Crippen LogP contribution is -2.50. The van der Waals surface area contributed by atoms with Crippen LogP contribution in [0.3, 0.4) is 0 Å². The van der Waals surface area contributed by atoms with E-state index in [2.05, 4.69) is 5.32 Å². The lowest BCUT2D eigenvalue weighted by atomic mass is 9.95. The SMILES string of the molecule is Cc1ccc(F)cc1NC(=O)C1Cc2ccccc2CN1S(=O)(=O)c1cccs1. The van der Waals surface area contributed by atoms with Gasteiger partial charge in [0, 0.05) is 12.2 Å². The highest BCUT2D eigenvalue weighted by atomic mass is 32.2. The Morgan fingerprint density at radius 2 is 1.90 bits per heavy atom. The number of hydrogen-bond donors (Lipinski definition) is 1. The monoisotopic (exact) mass is 430 g/mol. The van der Waals surface area contributed by atoms with Crippen molar-refractivity contribution in [2.24, 2.45) is 0 Å². The van der Waals surface area contributed by atoms with E-state index in [-0.39, 0.29) is 17.2 Å². The van der Waals surface area contributed by atoms with E-state index in [0.29, 0.717) is 11.3 Å². The van der Waals surface area contributed by atoms with Crippen molar-refractivity contribution in [2.45, 2.75) is 30.1 Å². The summed E-state index contributed by atoms with van der Waals surface area (Å²) in [7, 11) is -3.85. The Hall–Kier alpha value is -2.55. The summed E-state index contributed by atoms with van der Waals surface area (Å²) in [5, 5.41) is 4.41. The van der Waals surface area contributed by atoms with E-state index >= 15 is 0 Å². The van der Waals surface area contributed by atoms with Crippen molar-refractivity contribution in [3.8, 4) is 0 Å². The van der Waals surface area contributed by atoms with Gasteiger partial charge in [-0.15, -0.1) is 11.3 Å². The minimum atomic E-state index is -3.85. The number of carbonyl (C=O) groups excluding carboxylic acids is 1. The zero-order valence-electron chi connectivity index (χ0n) is 15.6. The number of amides is 1. The number of nitrogens with zero attached hydrogens (tertiary/aromatic N) is 1. The van der Waals surface area contributed by atoms with Crippen molar-refractivity contribution >= 4 is 33.0 Å². The van der Waals surface area contributed by atoms with Gasteiger partial charge < -0.3 is 5.32 Å². The van der Waals surface area contributed by atoms with E-state index in [1.807, 2.05) is 24.3 Å². The van der Waals surface area contributed by atoms with Gasteiger partial charge in [0.1, 0.15) is 16.1 Å². The first-order valence-electron chi connectivity index (χ1n) is 9.05. The molecule has 1 N–H and O–H groups in total. The van der Waals surface area contributed by atoms with Gasteiger partial charge in [0.05, 0.1) is 0 Å². The fourth-order valence-corrected chi connectivity index (χ4v) is 6.13. The topological polar surface area (TPSA) is 66.5 Å². The number of anilines is 1. The summed E-state index contributed by atoms with van der Waals surface area (Å²) >= 11 is 1.12. The third-order valence-electron chi connectivity index (χ3n) is 5.02. The van der Waals surface area contributed by atoms with Crippen LogP contribution in [0.2, 0.25) is 0 Å². The average Bonchev–Trinajstić information content (AvgIpc) is 3.25. The molecule has 2 heterocycles. The molecule has 4 rings (SSSR count). The van der Waals surface area contributed by atoms with Gasteiger partial charge in [0.15, 0.2) is 0 Å². The van der Waals surface area contributed by atoms with Crippen molar-refractivity contribution in [1.29, 1.82) is 0 Å². The highest BCUT2D eigenvalue weighted by Gasteiger charge is 2.40. The molecule has 0 spiro atoms. The van der Waals surface area contributed by atoms with Gasteiger partial charge in [-0.05, 0) is 53.6 Å². The molecule has 0 fully saturated rings. The van der Waals surface area contributed by atoms with Gasteiger partial charge in [0.2, 0.25) is 5.91 Å². The molecule has 0 radical (unpaired) electrons.